The number of hydrogen-bond donors (Lipinski definition) is 2. The molecule has 1 rings (SSSR count). The van der Waals surface area contributed by atoms with Crippen LogP contribution in [-0.4, -0.2) is 49.5 Å². The van der Waals surface area contributed by atoms with E-state index in [1.165, 1.54) is 0 Å². The quantitative estimate of drug-likeness (QED) is 0.602. The Morgan fingerprint density at radius 2 is 2.31 bits per heavy atom. The predicted octanol–water partition coefficient (Wildman–Crippen LogP) is -0.820. The lowest BCUT2D eigenvalue weighted by Crippen LogP contribution is -2.55. The topological polar surface area (TPSA) is 47.6 Å². The molecule has 1 aliphatic heterocycles. The van der Waals surface area contributed by atoms with E-state index in [-0.39, 0.29) is 5.91 Å². The molecule has 0 aliphatic carbocycles. The monoisotopic (exact) mass is 186 g/mol. The summed E-state index contributed by atoms with van der Waals surface area (Å²) in [6.45, 7) is 2.85. The first-order chi connectivity index (χ1) is 6.18. The van der Waals surface area contributed by atoms with Gasteiger partial charge in [-0.1, -0.05) is 0 Å². The third-order valence-electron chi connectivity index (χ3n) is 2.00. The van der Waals surface area contributed by atoms with Crippen molar-refractivity contribution in [1.82, 2.24) is 20.9 Å². The molecule has 0 spiro atoms. The van der Waals surface area contributed by atoms with Gasteiger partial charge in [0.2, 0.25) is 5.91 Å². The molecule has 1 saturated heterocycles. The number of hydrogen-bond acceptors (Lipinski definition) is 4. The number of hydrazine groups is 2. The van der Waals surface area contributed by atoms with E-state index < -0.39 is 0 Å². The predicted molar refractivity (Wildman–Crippen MR) is 50.6 cm³/mol. The maximum Gasteiger partial charge on any atom is 0.236 e. The largest absolute Gasteiger partial charge is 0.309 e. The van der Waals surface area contributed by atoms with Gasteiger partial charge >= 0.3 is 0 Å². The first-order valence-corrected chi connectivity index (χ1v) is 4.62. The third kappa shape index (κ3) is 4.21. The van der Waals surface area contributed by atoms with Gasteiger partial charge in [-0.05, 0) is 27.1 Å². The van der Waals surface area contributed by atoms with E-state index >= 15 is 0 Å². The van der Waals surface area contributed by atoms with Crippen LogP contribution in [0.3, 0.4) is 0 Å². The van der Waals surface area contributed by atoms with Gasteiger partial charge in [0.05, 0.1) is 0 Å². The number of amides is 1. The van der Waals surface area contributed by atoms with Crippen LogP contribution in [0.5, 0.6) is 0 Å². The molecule has 0 atom stereocenters. The van der Waals surface area contributed by atoms with E-state index in [4.69, 9.17) is 0 Å². The van der Waals surface area contributed by atoms with Crippen molar-refractivity contribution in [3.05, 3.63) is 0 Å². The van der Waals surface area contributed by atoms with Gasteiger partial charge in [-0.25, -0.2) is 5.01 Å². The van der Waals surface area contributed by atoms with E-state index in [1.807, 2.05) is 5.01 Å². The van der Waals surface area contributed by atoms with Gasteiger partial charge in [-0.3, -0.25) is 10.2 Å². The molecule has 1 heterocycles. The zero-order chi connectivity index (χ0) is 9.68. The Labute approximate surface area is 79.0 Å². The first kappa shape index (κ1) is 10.4. The van der Waals surface area contributed by atoms with E-state index in [0.29, 0.717) is 6.42 Å². The summed E-state index contributed by atoms with van der Waals surface area (Å²) < 4.78 is 0. The Morgan fingerprint density at radius 3 is 2.85 bits per heavy atom. The maximum absolute atomic E-state index is 10.8. The number of carbonyl (C=O) groups excluding carboxylic acids is 1. The van der Waals surface area contributed by atoms with Crippen molar-refractivity contribution in [2.45, 2.75) is 12.8 Å². The number of nitrogens with one attached hydrogen (secondary N) is 2. The minimum absolute atomic E-state index is 0.0730. The van der Waals surface area contributed by atoms with Gasteiger partial charge in [0, 0.05) is 19.5 Å². The Balaban J connectivity index is 2.05. The fourth-order valence-corrected chi connectivity index (χ4v) is 1.24. The molecular formula is C8H18N4O. The van der Waals surface area contributed by atoms with Crippen LogP contribution in [0.2, 0.25) is 0 Å². The van der Waals surface area contributed by atoms with Crippen LogP contribution in [0, 0.1) is 0 Å². The normalized spacial score (nSPS) is 19.2. The van der Waals surface area contributed by atoms with Crippen molar-refractivity contribution >= 4 is 5.91 Å². The van der Waals surface area contributed by atoms with Crippen LogP contribution < -0.4 is 11.0 Å². The molecule has 2 N–H and O–H groups in total. The Morgan fingerprint density at radius 1 is 1.54 bits per heavy atom. The second-order valence-corrected chi connectivity index (χ2v) is 3.55. The van der Waals surface area contributed by atoms with Gasteiger partial charge in [0.25, 0.3) is 0 Å². The van der Waals surface area contributed by atoms with Gasteiger partial charge in [-0.2, -0.15) is 5.53 Å². The summed E-state index contributed by atoms with van der Waals surface area (Å²) in [5.41, 5.74) is 5.45. The molecule has 13 heavy (non-hydrogen) atoms. The molecule has 5 nitrogen and oxygen atoms in total. The lowest BCUT2D eigenvalue weighted by molar-refractivity contribution is -0.127. The van der Waals surface area contributed by atoms with E-state index in [1.54, 1.807) is 0 Å². The Bertz CT molecular complexity index is 162. The SMILES string of the molecule is CN(C)CCCN1CCC(=O)NN1. The fraction of sp³-hybridized carbons (Fsp3) is 0.875. The van der Waals surface area contributed by atoms with Crippen molar-refractivity contribution in [3.63, 3.8) is 0 Å². The lowest BCUT2D eigenvalue weighted by Gasteiger charge is -2.27. The summed E-state index contributed by atoms with van der Waals surface area (Å²) in [4.78, 5) is 12.9. The van der Waals surface area contributed by atoms with Crippen LogP contribution in [0.4, 0.5) is 0 Å². The molecule has 76 valence electrons. The van der Waals surface area contributed by atoms with Gasteiger partial charge < -0.3 is 4.90 Å². The summed E-state index contributed by atoms with van der Waals surface area (Å²) in [5.74, 6) is 0.0730. The van der Waals surface area contributed by atoms with Gasteiger partial charge in [0.1, 0.15) is 0 Å². The molecule has 0 radical (unpaired) electrons. The molecular weight excluding hydrogens is 168 g/mol. The van der Waals surface area contributed by atoms with Crippen LogP contribution >= 0.6 is 0 Å². The summed E-state index contributed by atoms with van der Waals surface area (Å²) in [6, 6.07) is 0. The summed E-state index contributed by atoms with van der Waals surface area (Å²) in [5, 5.41) is 2.03. The highest BCUT2D eigenvalue weighted by atomic mass is 16.2. The number of nitrogens with zero attached hydrogens (tertiary/aromatic N) is 2. The van der Waals surface area contributed by atoms with E-state index in [9.17, 15) is 4.79 Å². The fourth-order valence-electron chi connectivity index (χ4n) is 1.24. The van der Waals surface area contributed by atoms with Crippen molar-refractivity contribution in [2.75, 3.05) is 33.7 Å². The number of carbonyl (C=O) groups is 1. The summed E-state index contributed by atoms with van der Waals surface area (Å²) >= 11 is 0. The summed E-state index contributed by atoms with van der Waals surface area (Å²) in [6.07, 6.45) is 1.70. The minimum atomic E-state index is 0.0730. The second kappa shape index (κ2) is 5.16. The van der Waals surface area contributed by atoms with Crippen LogP contribution in [0.1, 0.15) is 12.8 Å². The summed E-state index contributed by atoms with van der Waals surface area (Å²) in [7, 11) is 4.12. The van der Waals surface area contributed by atoms with Crippen molar-refractivity contribution in [2.24, 2.45) is 0 Å². The molecule has 5 heteroatoms. The molecule has 0 aromatic rings. The van der Waals surface area contributed by atoms with Gasteiger partial charge in [0.15, 0.2) is 0 Å². The molecule has 0 aromatic carbocycles. The molecule has 0 unspecified atom stereocenters. The zero-order valence-electron chi connectivity index (χ0n) is 8.34. The molecule has 0 aromatic heterocycles. The third-order valence-corrected chi connectivity index (χ3v) is 2.00. The average Bonchev–Trinajstić information content (AvgIpc) is 2.08. The smallest absolute Gasteiger partial charge is 0.236 e. The molecule has 1 aliphatic rings. The Hall–Kier alpha value is -0.650. The zero-order valence-corrected chi connectivity index (χ0v) is 8.34. The van der Waals surface area contributed by atoms with Crippen molar-refractivity contribution < 1.29 is 4.79 Å². The minimum Gasteiger partial charge on any atom is -0.309 e. The number of rotatable bonds is 4. The standard InChI is InChI=1S/C8H18N4O/c1-11(2)5-3-6-12-7-4-8(13)9-10-12/h10H,3-7H2,1-2H3,(H,9,13). The maximum atomic E-state index is 10.8. The van der Waals surface area contributed by atoms with E-state index in [2.05, 4.69) is 30.0 Å². The van der Waals surface area contributed by atoms with Crippen molar-refractivity contribution in [1.29, 1.82) is 0 Å². The molecule has 0 bridgehead atoms. The van der Waals surface area contributed by atoms with E-state index in [0.717, 1.165) is 26.1 Å². The lowest BCUT2D eigenvalue weighted by atomic mass is 10.3. The van der Waals surface area contributed by atoms with Crippen LogP contribution in [0.15, 0.2) is 0 Å². The molecule has 0 saturated carbocycles. The van der Waals surface area contributed by atoms with Crippen LogP contribution in [-0.2, 0) is 4.79 Å². The molecule has 1 amide bonds. The average molecular weight is 186 g/mol. The Kier molecular flexibility index (Phi) is 4.14. The highest BCUT2D eigenvalue weighted by Crippen LogP contribution is 1.94. The van der Waals surface area contributed by atoms with Gasteiger partial charge in [-0.15, -0.1) is 0 Å². The second-order valence-electron chi connectivity index (χ2n) is 3.55. The highest BCUT2D eigenvalue weighted by molar-refractivity contribution is 5.75. The molecule has 1 fully saturated rings. The van der Waals surface area contributed by atoms with Crippen molar-refractivity contribution in [3.8, 4) is 0 Å². The highest BCUT2D eigenvalue weighted by Gasteiger charge is 2.13. The van der Waals surface area contributed by atoms with Crippen LogP contribution in [0.25, 0.3) is 0 Å². The first-order valence-electron chi connectivity index (χ1n) is 4.62.